The van der Waals surface area contributed by atoms with E-state index >= 15 is 0 Å². The van der Waals surface area contributed by atoms with Crippen molar-refractivity contribution >= 4 is 27.9 Å². The summed E-state index contributed by atoms with van der Waals surface area (Å²) in [4.78, 5) is 35.9. The van der Waals surface area contributed by atoms with Crippen molar-refractivity contribution in [2.24, 2.45) is 5.14 Å². The molecule has 0 heterocycles. The molecule has 0 spiro atoms. The van der Waals surface area contributed by atoms with Crippen LogP contribution in [-0.4, -0.2) is 32.4 Å². The summed E-state index contributed by atoms with van der Waals surface area (Å²) in [5.74, 6) is -1.76. The van der Waals surface area contributed by atoms with Gasteiger partial charge in [0.2, 0.25) is 10.0 Å². The first kappa shape index (κ1) is 22.1. The topological polar surface area (TPSA) is 145 Å². The number of benzene rings is 2. The summed E-state index contributed by atoms with van der Waals surface area (Å²) in [5.41, 5.74) is 1.12. The molecule has 0 aliphatic carbocycles. The third kappa shape index (κ3) is 6.40. The Hall–Kier alpha value is -3.24. The normalized spacial score (nSPS) is 12.0. The van der Waals surface area contributed by atoms with E-state index in [1.807, 2.05) is 30.3 Å². The van der Waals surface area contributed by atoms with Gasteiger partial charge in [-0.3, -0.25) is 10.1 Å². The number of amides is 3. The number of carbonyl (C=O) groups excluding carboxylic acids is 3. The molecule has 4 N–H and O–H groups in total. The van der Waals surface area contributed by atoms with Crippen molar-refractivity contribution in [2.75, 3.05) is 0 Å². The highest BCUT2D eigenvalue weighted by Gasteiger charge is 2.22. The second kappa shape index (κ2) is 9.30. The smallest absolute Gasteiger partial charge is 0.338 e. The molecule has 0 aliphatic rings. The number of hydrogen-bond acceptors (Lipinski definition) is 6. The van der Waals surface area contributed by atoms with Gasteiger partial charge < -0.3 is 10.1 Å². The van der Waals surface area contributed by atoms with Crippen molar-refractivity contribution in [2.45, 2.75) is 31.4 Å². The van der Waals surface area contributed by atoms with E-state index in [0.717, 1.165) is 11.6 Å². The van der Waals surface area contributed by atoms with E-state index in [2.05, 4.69) is 10.6 Å². The minimum atomic E-state index is -4.02. The maximum atomic E-state index is 12.2. The predicted molar refractivity (Wildman–Crippen MR) is 104 cm³/mol. The lowest BCUT2D eigenvalue weighted by Gasteiger charge is -2.14. The quantitative estimate of drug-likeness (QED) is 0.600. The number of nitrogens with two attached hydrogens (primary N) is 1. The summed E-state index contributed by atoms with van der Waals surface area (Å²) in [5, 5.41) is 9.69. The molecule has 0 bridgehead atoms. The lowest BCUT2D eigenvalue weighted by molar-refractivity contribution is -0.127. The van der Waals surface area contributed by atoms with Crippen molar-refractivity contribution in [1.82, 2.24) is 10.6 Å². The Morgan fingerprint density at radius 1 is 1.10 bits per heavy atom. The predicted octanol–water partition coefficient (Wildman–Crippen LogP) is 1.21. The number of ether oxygens (including phenoxy) is 1. The largest absolute Gasteiger partial charge is 0.449 e. The monoisotopic (exact) mass is 419 g/mol. The first-order chi connectivity index (χ1) is 13.6. The fourth-order valence-electron chi connectivity index (χ4n) is 2.35. The highest BCUT2D eigenvalue weighted by Crippen LogP contribution is 2.16. The number of esters is 1. The minimum absolute atomic E-state index is 0.0900. The molecule has 2 rings (SSSR count). The van der Waals surface area contributed by atoms with E-state index in [4.69, 9.17) is 9.88 Å². The zero-order chi connectivity index (χ0) is 21.6. The number of sulfonamides is 1. The number of carbonyl (C=O) groups is 3. The Morgan fingerprint density at radius 2 is 1.76 bits per heavy atom. The highest BCUT2D eigenvalue weighted by molar-refractivity contribution is 7.89. The fraction of sp³-hybridized carbons (Fsp3) is 0.211. The third-order valence-electron chi connectivity index (χ3n) is 3.92. The van der Waals surface area contributed by atoms with Crippen LogP contribution in [0.1, 0.15) is 28.4 Å². The van der Waals surface area contributed by atoms with Crippen LogP contribution < -0.4 is 15.8 Å². The zero-order valence-electron chi connectivity index (χ0n) is 15.8. The van der Waals surface area contributed by atoms with Crippen molar-refractivity contribution < 1.29 is 27.5 Å². The summed E-state index contributed by atoms with van der Waals surface area (Å²) in [6.07, 6.45) is -1.29. The van der Waals surface area contributed by atoms with Crippen LogP contribution in [0, 0.1) is 6.92 Å². The molecule has 9 nitrogen and oxygen atoms in total. The van der Waals surface area contributed by atoms with Gasteiger partial charge in [-0.15, -0.1) is 0 Å². The average molecular weight is 419 g/mol. The molecule has 10 heteroatoms. The van der Waals surface area contributed by atoms with Gasteiger partial charge in [0.25, 0.3) is 5.91 Å². The van der Waals surface area contributed by atoms with Crippen LogP contribution in [0.5, 0.6) is 0 Å². The van der Waals surface area contributed by atoms with Gasteiger partial charge in [0.1, 0.15) is 0 Å². The molecule has 0 radical (unpaired) electrons. The maximum Gasteiger partial charge on any atom is 0.338 e. The maximum absolute atomic E-state index is 12.2. The van der Waals surface area contributed by atoms with Crippen LogP contribution in [0.15, 0.2) is 53.4 Å². The summed E-state index contributed by atoms with van der Waals surface area (Å²) >= 11 is 0. The molecule has 1 atom stereocenters. The van der Waals surface area contributed by atoms with Gasteiger partial charge in [0, 0.05) is 6.54 Å². The van der Waals surface area contributed by atoms with Gasteiger partial charge in [-0.05, 0) is 37.1 Å². The Morgan fingerprint density at radius 3 is 2.38 bits per heavy atom. The van der Waals surface area contributed by atoms with Crippen LogP contribution in [0.3, 0.4) is 0 Å². The van der Waals surface area contributed by atoms with Crippen molar-refractivity contribution in [3.63, 3.8) is 0 Å². The first-order valence-corrected chi connectivity index (χ1v) is 10.1. The zero-order valence-corrected chi connectivity index (χ0v) is 16.7. The first-order valence-electron chi connectivity index (χ1n) is 8.55. The van der Waals surface area contributed by atoms with Crippen LogP contribution in [-0.2, 0) is 26.1 Å². The Balaban J connectivity index is 1.93. The fourth-order valence-corrected chi connectivity index (χ4v) is 3.16. The summed E-state index contributed by atoms with van der Waals surface area (Å²) in [6, 6.07) is 12.2. The molecular weight excluding hydrogens is 398 g/mol. The number of nitrogens with one attached hydrogen (secondary N) is 2. The number of aryl methyl sites for hydroxylation is 1. The van der Waals surface area contributed by atoms with Crippen LogP contribution in [0.2, 0.25) is 0 Å². The van der Waals surface area contributed by atoms with Crippen LogP contribution in [0.25, 0.3) is 0 Å². The van der Waals surface area contributed by atoms with E-state index in [9.17, 15) is 22.8 Å². The molecular formula is C19H21N3O6S. The third-order valence-corrected chi connectivity index (χ3v) is 4.97. The molecule has 0 fully saturated rings. The van der Waals surface area contributed by atoms with E-state index in [1.165, 1.54) is 26.0 Å². The highest BCUT2D eigenvalue weighted by atomic mass is 32.2. The summed E-state index contributed by atoms with van der Waals surface area (Å²) < 4.78 is 28.1. The van der Waals surface area contributed by atoms with E-state index in [-0.39, 0.29) is 17.0 Å². The molecule has 0 saturated carbocycles. The van der Waals surface area contributed by atoms with E-state index < -0.39 is 34.0 Å². The van der Waals surface area contributed by atoms with E-state index in [1.54, 1.807) is 0 Å². The van der Waals surface area contributed by atoms with Crippen molar-refractivity contribution in [3.8, 4) is 0 Å². The second-order valence-electron chi connectivity index (χ2n) is 6.23. The molecule has 2 aromatic carbocycles. The lowest BCUT2D eigenvalue weighted by atomic mass is 10.1. The number of imide groups is 1. The molecule has 1 unspecified atom stereocenters. The van der Waals surface area contributed by atoms with Crippen LogP contribution in [0.4, 0.5) is 4.79 Å². The molecule has 0 saturated heterocycles. The Bertz CT molecular complexity index is 1020. The standard InChI is InChI=1S/C19H21N3O6S/c1-12-8-9-15(10-16(12)29(20,26)27)18(24)28-13(2)17(23)22-19(25)21-11-14-6-4-3-5-7-14/h3-10,13H,11H2,1-2H3,(H2,20,26,27)(H2,21,22,23,25). The number of hydrogen-bond donors (Lipinski definition) is 3. The van der Waals surface area contributed by atoms with Gasteiger partial charge in [-0.25, -0.2) is 23.1 Å². The average Bonchev–Trinajstić information content (AvgIpc) is 2.66. The summed E-state index contributed by atoms with van der Waals surface area (Å²) in [7, 11) is -4.02. The second-order valence-corrected chi connectivity index (χ2v) is 7.76. The summed E-state index contributed by atoms with van der Waals surface area (Å²) in [6.45, 7) is 3.03. The van der Waals surface area contributed by atoms with Gasteiger partial charge in [0.05, 0.1) is 10.5 Å². The molecule has 2 aromatic rings. The molecule has 0 aromatic heterocycles. The van der Waals surface area contributed by atoms with Gasteiger partial charge in [0.15, 0.2) is 6.10 Å². The van der Waals surface area contributed by atoms with Gasteiger partial charge >= 0.3 is 12.0 Å². The molecule has 154 valence electrons. The SMILES string of the molecule is Cc1ccc(C(=O)OC(C)C(=O)NC(=O)NCc2ccccc2)cc1S(N)(=O)=O. The molecule has 29 heavy (non-hydrogen) atoms. The van der Waals surface area contributed by atoms with Gasteiger partial charge in [-0.1, -0.05) is 36.4 Å². The van der Waals surface area contributed by atoms with E-state index in [0.29, 0.717) is 5.56 Å². The molecule has 0 aliphatic heterocycles. The molecule has 3 amide bonds. The number of urea groups is 1. The van der Waals surface area contributed by atoms with Gasteiger partial charge in [-0.2, -0.15) is 0 Å². The van der Waals surface area contributed by atoms with Crippen molar-refractivity contribution in [1.29, 1.82) is 0 Å². The number of rotatable bonds is 6. The lowest BCUT2D eigenvalue weighted by Crippen LogP contribution is -2.44. The Labute approximate surface area is 168 Å². The number of primary sulfonamides is 1. The Kier molecular flexibility index (Phi) is 7.08. The van der Waals surface area contributed by atoms with Crippen LogP contribution >= 0.6 is 0 Å². The minimum Gasteiger partial charge on any atom is -0.449 e. The van der Waals surface area contributed by atoms with Crippen molar-refractivity contribution in [3.05, 3.63) is 65.2 Å².